The van der Waals surface area contributed by atoms with Crippen LogP contribution in [-0.2, 0) is 11.3 Å². The fraction of sp³-hybridized carbons (Fsp3) is 0.350. The lowest BCUT2D eigenvalue weighted by Crippen LogP contribution is -2.32. The van der Waals surface area contributed by atoms with Crippen molar-refractivity contribution >= 4 is 28.6 Å². The molecule has 0 aliphatic rings. The molecule has 142 valence electrons. The minimum Gasteiger partial charge on any atom is -0.467 e. The van der Waals surface area contributed by atoms with Gasteiger partial charge in [0, 0.05) is 6.04 Å². The molecule has 0 saturated heterocycles. The standard InChI is InChI=1S/C20H23N3O3S/c1-4-13(2)23-19(25)16-9-5-6-10-17(16)22-20(23)27-14(3)18(24)21-12-15-8-7-11-26-15/h5-11,13-14H,4,12H2,1-3H3,(H,21,24)/t13-,14+/m0/s1. The fourth-order valence-corrected chi connectivity index (χ4v) is 3.76. The zero-order valence-electron chi connectivity index (χ0n) is 15.6. The van der Waals surface area contributed by atoms with E-state index in [-0.39, 0.29) is 17.5 Å². The monoisotopic (exact) mass is 385 g/mol. The molecule has 2 atom stereocenters. The van der Waals surface area contributed by atoms with Crippen LogP contribution >= 0.6 is 11.8 Å². The Labute approximate surface area is 162 Å². The van der Waals surface area contributed by atoms with Crippen LogP contribution < -0.4 is 10.9 Å². The van der Waals surface area contributed by atoms with Gasteiger partial charge in [-0.1, -0.05) is 30.8 Å². The van der Waals surface area contributed by atoms with Crippen molar-refractivity contribution in [3.63, 3.8) is 0 Å². The Bertz CT molecular complexity index is 982. The van der Waals surface area contributed by atoms with Crippen molar-refractivity contribution in [2.75, 3.05) is 0 Å². The van der Waals surface area contributed by atoms with Gasteiger partial charge in [0.2, 0.25) is 5.91 Å². The van der Waals surface area contributed by atoms with Crippen LogP contribution in [0.15, 0.2) is 57.0 Å². The van der Waals surface area contributed by atoms with Crippen molar-refractivity contribution in [3.8, 4) is 0 Å². The molecular weight excluding hydrogens is 362 g/mol. The lowest BCUT2D eigenvalue weighted by Gasteiger charge is -2.20. The molecule has 3 rings (SSSR count). The van der Waals surface area contributed by atoms with Gasteiger partial charge in [0.05, 0.1) is 29.0 Å². The summed E-state index contributed by atoms with van der Waals surface area (Å²) in [7, 11) is 0. The Kier molecular flexibility index (Phi) is 6.01. The third-order valence-corrected chi connectivity index (χ3v) is 5.54. The first-order valence-electron chi connectivity index (χ1n) is 8.99. The summed E-state index contributed by atoms with van der Waals surface area (Å²) >= 11 is 1.30. The third-order valence-electron chi connectivity index (χ3n) is 4.48. The van der Waals surface area contributed by atoms with Gasteiger partial charge in [0.15, 0.2) is 5.16 Å². The van der Waals surface area contributed by atoms with E-state index in [1.807, 2.05) is 45.0 Å². The van der Waals surface area contributed by atoms with E-state index >= 15 is 0 Å². The summed E-state index contributed by atoms with van der Waals surface area (Å²) in [4.78, 5) is 30.1. The van der Waals surface area contributed by atoms with E-state index in [0.717, 1.165) is 6.42 Å². The van der Waals surface area contributed by atoms with E-state index in [2.05, 4.69) is 10.3 Å². The van der Waals surface area contributed by atoms with Crippen molar-refractivity contribution < 1.29 is 9.21 Å². The summed E-state index contributed by atoms with van der Waals surface area (Å²) in [5.74, 6) is 0.565. The summed E-state index contributed by atoms with van der Waals surface area (Å²) in [6.07, 6.45) is 2.37. The predicted octanol–water partition coefficient (Wildman–Crippen LogP) is 3.76. The molecule has 1 amide bonds. The number of carbonyl (C=O) groups excluding carboxylic acids is 1. The molecule has 2 aromatic heterocycles. The first-order chi connectivity index (χ1) is 13.0. The highest BCUT2D eigenvalue weighted by Gasteiger charge is 2.21. The van der Waals surface area contributed by atoms with E-state index in [1.165, 1.54) is 11.8 Å². The molecule has 3 aromatic rings. The number of aromatic nitrogens is 2. The molecule has 7 heteroatoms. The van der Waals surface area contributed by atoms with Crippen LogP contribution in [0.2, 0.25) is 0 Å². The normalized spacial score (nSPS) is 13.4. The van der Waals surface area contributed by atoms with E-state index < -0.39 is 5.25 Å². The molecule has 1 aromatic carbocycles. The second kappa shape index (κ2) is 8.43. The second-order valence-electron chi connectivity index (χ2n) is 6.40. The van der Waals surface area contributed by atoms with E-state index in [1.54, 1.807) is 23.0 Å². The van der Waals surface area contributed by atoms with Crippen molar-refractivity contribution in [1.29, 1.82) is 0 Å². The number of nitrogens with zero attached hydrogens (tertiary/aromatic N) is 2. The predicted molar refractivity (Wildman–Crippen MR) is 107 cm³/mol. The number of hydrogen-bond acceptors (Lipinski definition) is 5. The number of thioether (sulfide) groups is 1. The number of hydrogen-bond donors (Lipinski definition) is 1. The van der Waals surface area contributed by atoms with E-state index in [9.17, 15) is 9.59 Å². The summed E-state index contributed by atoms with van der Waals surface area (Å²) in [5.41, 5.74) is 0.577. The Morgan fingerprint density at radius 3 is 2.74 bits per heavy atom. The molecule has 0 aliphatic carbocycles. The molecule has 0 radical (unpaired) electrons. The Morgan fingerprint density at radius 2 is 2.04 bits per heavy atom. The highest BCUT2D eigenvalue weighted by Crippen LogP contribution is 2.26. The highest BCUT2D eigenvalue weighted by molar-refractivity contribution is 8.00. The third kappa shape index (κ3) is 4.24. The van der Waals surface area contributed by atoms with Gasteiger partial charge in [-0.05, 0) is 44.5 Å². The number of furan rings is 1. The lowest BCUT2D eigenvalue weighted by molar-refractivity contribution is -0.120. The largest absolute Gasteiger partial charge is 0.467 e. The zero-order valence-corrected chi connectivity index (χ0v) is 16.5. The van der Waals surface area contributed by atoms with Gasteiger partial charge in [-0.15, -0.1) is 0 Å². The summed E-state index contributed by atoms with van der Waals surface area (Å²) < 4.78 is 6.93. The maximum absolute atomic E-state index is 13.0. The van der Waals surface area contributed by atoms with Crippen LogP contribution in [0.1, 0.15) is 39.0 Å². The molecule has 0 fully saturated rings. The Morgan fingerprint density at radius 1 is 1.26 bits per heavy atom. The molecule has 6 nitrogen and oxygen atoms in total. The molecule has 0 saturated carbocycles. The Hall–Kier alpha value is -2.54. The molecular formula is C20H23N3O3S. The van der Waals surface area contributed by atoms with E-state index in [4.69, 9.17) is 4.42 Å². The number of para-hydroxylation sites is 1. The molecule has 1 N–H and O–H groups in total. The minimum absolute atomic E-state index is 0.00418. The van der Waals surface area contributed by atoms with Crippen LogP contribution in [0.25, 0.3) is 10.9 Å². The zero-order chi connectivity index (χ0) is 19.4. The van der Waals surface area contributed by atoms with Crippen LogP contribution in [0.4, 0.5) is 0 Å². The quantitative estimate of drug-likeness (QED) is 0.495. The first-order valence-corrected chi connectivity index (χ1v) is 9.87. The van der Waals surface area contributed by atoms with Crippen molar-refractivity contribution in [2.45, 2.75) is 50.2 Å². The molecule has 0 bridgehead atoms. The average Bonchev–Trinajstić information content (AvgIpc) is 3.19. The number of amides is 1. The summed E-state index contributed by atoms with van der Waals surface area (Å²) in [6, 6.07) is 10.9. The van der Waals surface area contributed by atoms with Crippen LogP contribution in [-0.4, -0.2) is 20.7 Å². The summed E-state index contributed by atoms with van der Waals surface area (Å²) in [5, 5.41) is 3.61. The van der Waals surface area contributed by atoms with Gasteiger partial charge in [-0.3, -0.25) is 14.2 Å². The average molecular weight is 385 g/mol. The summed E-state index contributed by atoms with van der Waals surface area (Å²) in [6.45, 7) is 6.16. The molecule has 0 aliphatic heterocycles. The SMILES string of the molecule is CC[C@H](C)n1c(S[C@H](C)C(=O)NCc2ccco2)nc2ccccc2c1=O. The van der Waals surface area contributed by atoms with Crippen molar-refractivity contribution in [3.05, 3.63) is 58.8 Å². The van der Waals surface area contributed by atoms with Crippen molar-refractivity contribution in [2.24, 2.45) is 0 Å². The maximum Gasteiger partial charge on any atom is 0.262 e. The van der Waals surface area contributed by atoms with Gasteiger partial charge >= 0.3 is 0 Å². The maximum atomic E-state index is 13.0. The van der Waals surface area contributed by atoms with Gasteiger partial charge in [-0.2, -0.15) is 0 Å². The topological polar surface area (TPSA) is 77.1 Å². The molecule has 0 unspecified atom stereocenters. The van der Waals surface area contributed by atoms with E-state index in [0.29, 0.717) is 28.4 Å². The fourth-order valence-electron chi connectivity index (χ4n) is 2.72. The number of nitrogens with one attached hydrogen (secondary N) is 1. The smallest absolute Gasteiger partial charge is 0.262 e. The van der Waals surface area contributed by atoms with Crippen molar-refractivity contribution in [1.82, 2.24) is 14.9 Å². The number of rotatable bonds is 7. The molecule has 0 spiro atoms. The highest BCUT2D eigenvalue weighted by atomic mass is 32.2. The minimum atomic E-state index is -0.400. The number of fused-ring (bicyclic) bond motifs is 1. The molecule has 2 heterocycles. The van der Waals surface area contributed by atoms with Crippen LogP contribution in [0.3, 0.4) is 0 Å². The van der Waals surface area contributed by atoms with Gasteiger partial charge in [0.1, 0.15) is 5.76 Å². The van der Waals surface area contributed by atoms with Gasteiger partial charge < -0.3 is 9.73 Å². The van der Waals surface area contributed by atoms with Gasteiger partial charge in [0.25, 0.3) is 5.56 Å². The second-order valence-corrected chi connectivity index (χ2v) is 7.71. The number of benzene rings is 1. The van der Waals surface area contributed by atoms with Crippen LogP contribution in [0, 0.1) is 0 Å². The molecule has 27 heavy (non-hydrogen) atoms. The van der Waals surface area contributed by atoms with Crippen LogP contribution in [0.5, 0.6) is 0 Å². The first kappa shape index (κ1) is 19.2. The lowest BCUT2D eigenvalue weighted by atomic mass is 10.2. The number of carbonyl (C=O) groups is 1. The van der Waals surface area contributed by atoms with Gasteiger partial charge in [-0.25, -0.2) is 4.98 Å². The Balaban J connectivity index is 1.86.